The largest absolute Gasteiger partial charge is 0.478 e. The van der Waals surface area contributed by atoms with Crippen molar-refractivity contribution < 1.29 is 19.4 Å². The smallest absolute Gasteiger partial charge is 0.331 e. The third-order valence-corrected chi connectivity index (χ3v) is 4.93. The molecule has 1 N–H and O–H groups in total. The van der Waals surface area contributed by atoms with Crippen LogP contribution >= 0.6 is 0 Å². The molecule has 0 saturated heterocycles. The quantitative estimate of drug-likeness (QED) is 0.650. The van der Waals surface area contributed by atoms with Gasteiger partial charge in [-0.05, 0) is 30.2 Å². The second kappa shape index (κ2) is 7.65. The lowest BCUT2D eigenvalue weighted by Gasteiger charge is -2.47. The highest BCUT2D eigenvalue weighted by atomic mass is 16.6. The molecule has 0 aromatic heterocycles. The number of carboxylic acid groups (broad SMARTS) is 1. The van der Waals surface area contributed by atoms with E-state index in [4.69, 9.17) is 9.84 Å². The van der Waals surface area contributed by atoms with Gasteiger partial charge in [0.05, 0.1) is 0 Å². The van der Waals surface area contributed by atoms with Crippen LogP contribution in [0.25, 0.3) is 0 Å². The summed E-state index contributed by atoms with van der Waals surface area (Å²) in [4.78, 5) is 23.0. The average molecular weight is 330 g/mol. The van der Waals surface area contributed by atoms with Gasteiger partial charge in [-0.15, -0.1) is 0 Å². The normalized spacial score (nSPS) is 27.3. The van der Waals surface area contributed by atoms with E-state index in [-0.39, 0.29) is 5.92 Å². The molecule has 1 aromatic carbocycles. The molecule has 130 valence electrons. The Labute approximate surface area is 143 Å². The minimum Gasteiger partial charge on any atom is -0.478 e. The Morgan fingerprint density at radius 3 is 2.46 bits per heavy atom. The van der Waals surface area contributed by atoms with Crippen molar-refractivity contribution in [2.45, 2.75) is 45.6 Å². The Balaban J connectivity index is 2.44. The van der Waals surface area contributed by atoms with Gasteiger partial charge >= 0.3 is 11.9 Å². The van der Waals surface area contributed by atoms with Gasteiger partial charge in [0.15, 0.2) is 0 Å². The van der Waals surface area contributed by atoms with Gasteiger partial charge in [-0.3, -0.25) is 0 Å². The Morgan fingerprint density at radius 1 is 1.21 bits per heavy atom. The monoisotopic (exact) mass is 330 g/mol. The van der Waals surface area contributed by atoms with E-state index in [0.717, 1.165) is 37.0 Å². The predicted molar refractivity (Wildman–Crippen MR) is 92.3 cm³/mol. The molecule has 0 spiro atoms. The van der Waals surface area contributed by atoms with Gasteiger partial charge in [0.25, 0.3) is 0 Å². The highest BCUT2D eigenvalue weighted by Gasteiger charge is 2.48. The van der Waals surface area contributed by atoms with Crippen molar-refractivity contribution in [1.29, 1.82) is 0 Å². The van der Waals surface area contributed by atoms with Crippen LogP contribution in [0.15, 0.2) is 42.5 Å². The van der Waals surface area contributed by atoms with Crippen molar-refractivity contribution in [3.8, 4) is 0 Å². The standard InChI is InChI=1S/C20H26O4/c1-14(2)17-10-9-15(3)13-20(17,16-7-5-4-6-8-16)24-19(23)12-11-18(21)22/h4-8,11-12,14-15,17H,9-10,13H2,1-3H3,(H,21,22). The van der Waals surface area contributed by atoms with Crippen LogP contribution in [0.5, 0.6) is 0 Å². The minimum atomic E-state index is -1.15. The van der Waals surface area contributed by atoms with Crippen LogP contribution in [0.2, 0.25) is 0 Å². The maximum atomic E-state index is 12.3. The maximum absolute atomic E-state index is 12.3. The van der Waals surface area contributed by atoms with E-state index in [0.29, 0.717) is 11.8 Å². The summed E-state index contributed by atoms with van der Waals surface area (Å²) in [5.41, 5.74) is 0.292. The molecular weight excluding hydrogens is 304 g/mol. The Kier molecular flexibility index (Phi) is 5.81. The summed E-state index contributed by atoms with van der Waals surface area (Å²) in [6.07, 6.45) is 4.69. The maximum Gasteiger partial charge on any atom is 0.331 e. The number of aliphatic carboxylic acids is 1. The Hall–Kier alpha value is -2.10. The number of hydrogen-bond acceptors (Lipinski definition) is 3. The second-order valence-electron chi connectivity index (χ2n) is 7.09. The van der Waals surface area contributed by atoms with Gasteiger partial charge in [-0.25, -0.2) is 9.59 Å². The summed E-state index contributed by atoms with van der Waals surface area (Å²) >= 11 is 0. The first-order chi connectivity index (χ1) is 11.3. The molecule has 0 amide bonds. The molecule has 4 heteroatoms. The van der Waals surface area contributed by atoms with Gasteiger partial charge in [0, 0.05) is 18.1 Å². The van der Waals surface area contributed by atoms with Crippen LogP contribution in [0.1, 0.15) is 45.6 Å². The van der Waals surface area contributed by atoms with E-state index in [9.17, 15) is 9.59 Å². The van der Waals surface area contributed by atoms with Gasteiger partial charge in [-0.1, -0.05) is 57.5 Å². The van der Waals surface area contributed by atoms with E-state index in [1.54, 1.807) is 0 Å². The Bertz CT molecular complexity index is 605. The lowest BCUT2D eigenvalue weighted by atomic mass is 9.64. The summed E-state index contributed by atoms with van der Waals surface area (Å²) in [6.45, 7) is 6.48. The molecule has 1 aromatic rings. The van der Waals surface area contributed by atoms with Crippen LogP contribution in [-0.2, 0) is 19.9 Å². The summed E-state index contributed by atoms with van der Waals surface area (Å²) < 4.78 is 5.97. The number of rotatable bonds is 5. The number of carboxylic acids is 1. The van der Waals surface area contributed by atoms with E-state index >= 15 is 0 Å². The van der Waals surface area contributed by atoms with Crippen molar-refractivity contribution in [3.63, 3.8) is 0 Å². The Morgan fingerprint density at radius 2 is 1.88 bits per heavy atom. The van der Waals surface area contributed by atoms with Crippen LogP contribution in [-0.4, -0.2) is 17.0 Å². The molecule has 1 aliphatic rings. The molecular formula is C20H26O4. The fraction of sp³-hybridized carbons (Fsp3) is 0.500. The fourth-order valence-electron chi connectivity index (χ4n) is 3.92. The molecule has 0 bridgehead atoms. The number of ether oxygens (including phenoxy) is 1. The molecule has 24 heavy (non-hydrogen) atoms. The minimum absolute atomic E-state index is 0.207. The van der Waals surface area contributed by atoms with E-state index < -0.39 is 17.5 Å². The van der Waals surface area contributed by atoms with Crippen molar-refractivity contribution in [1.82, 2.24) is 0 Å². The summed E-state index contributed by atoms with van der Waals surface area (Å²) in [6, 6.07) is 9.85. The molecule has 0 heterocycles. The first kappa shape index (κ1) is 18.2. The number of carbonyl (C=O) groups excluding carboxylic acids is 1. The van der Waals surface area contributed by atoms with Crippen LogP contribution < -0.4 is 0 Å². The van der Waals surface area contributed by atoms with Gasteiger partial charge < -0.3 is 9.84 Å². The molecule has 2 rings (SSSR count). The summed E-state index contributed by atoms with van der Waals surface area (Å²) in [5.74, 6) is -0.747. The van der Waals surface area contributed by atoms with E-state index in [1.165, 1.54) is 0 Å². The lowest BCUT2D eigenvalue weighted by molar-refractivity contribution is -0.174. The van der Waals surface area contributed by atoms with Crippen LogP contribution in [0.4, 0.5) is 0 Å². The second-order valence-corrected chi connectivity index (χ2v) is 7.09. The highest BCUT2D eigenvalue weighted by molar-refractivity contribution is 5.91. The molecule has 1 saturated carbocycles. The van der Waals surface area contributed by atoms with Gasteiger partial charge in [0.1, 0.15) is 5.60 Å². The van der Waals surface area contributed by atoms with Crippen molar-refractivity contribution in [3.05, 3.63) is 48.0 Å². The number of hydrogen-bond donors (Lipinski definition) is 1. The van der Waals surface area contributed by atoms with Gasteiger partial charge in [0.2, 0.25) is 0 Å². The van der Waals surface area contributed by atoms with Crippen LogP contribution in [0.3, 0.4) is 0 Å². The topological polar surface area (TPSA) is 63.6 Å². The predicted octanol–water partition coefficient (Wildman–Crippen LogP) is 4.16. The van der Waals surface area contributed by atoms with E-state index in [1.807, 2.05) is 30.3 Å². The molecule has 0 radical (unpaired) electrons. The van der Waals surface area contributed by atoms with Crippen molar-refractivity contribution >= 4 is 11.9 Å². The first-order valence-electron chi connectivity index (χ1n) is 8.54. The molecule has 4 nitrogen and oxygen atoms in total. The molecule has 1 fully saturated rings. The highest BCUT2D eigenvalue weighted by Crippen LogP contribution is 2.49. The molecule has 1 aliphatic carbocycles. The SMILES string of the molecule is CC1CCC(C(C)C)C(OC(=O)C=CC(=O)O)(c2ccccc2)C1. The summed E-state index contributed by atoms with van der Waals surface area (Å²) in [7, 11) is 0. The number of benzene rings is 1. The van der Waals surface area contributed by atoms with E-state index in [2.05, 4.69) is 20.8 Å². The fourth-order valence-corrected chi connectivity index (χ4v) is 3.92. The van der Waals surface area contributed by atoms with Crippen molar-refractivity contribution in [2.75, 3.05) is 0 Å². The summed E-state index contributed by atoms with van der Waals surface area (Å²) in [5, 5.41) is 8.74. The van der Waals surface area contributed by atoms with Crippen LogP contribution in [0, 0.1) is 17.8 Å². The molecule has 0 aliphatic heterocycles. The molecule has 3 unspecified atom stereocenters. The zero-order chi connectivity index (χ0) is 17.7. The average Bonchev–Trinajstić information content (AvgIpc) is 2.53. The third-order valence-electron chi connectivity index (χ3n) is 4.93. The van der Waals surface area contributed by atoms with Crippen molar-refractivity contribution in [2.24, 2.45) is 17.8 Å². The lowest BCUT2D eigenvalue weighted by Crippen LogP contribution is -2.46. The number of carbonyl (C=O) groups is 2. The third kappa shape index (κ3) is 4.05. The number of esters is 1. The van der Waals surface area contributed by atoms with Gasteiger partial charge in [-0.2, -0.15) is 0 Å². The zero-order valence-electron chi connectivity index (χ0n) is 14.6. The first-order valence-corrected chi connectivity index (χ1v) is 8.54. The molecule has 3 atom stereocenters. The zero-order valence-corrected chi connectivity index (χ0v) is 14.6.